The minimum absolute atomic E-state index is 0.261. The summed E-state index contributed by atoms with van der Waals surface area (Å²) in [7, 11) is 0. The molecule has 0 radical (unpaired) electrons. The maximum absolute atomic E-state index is 10.9. The highest BCUT2D eigenvalue weighted by molar-refractivity contribution is 5.67. The van der Waals surface area contributed by atoms with E-state index in [-0.39, 0.29) is 24.1 Å². The highest BCUT2D eigenvalue weighted by atomic mass is 16.6. The quantitative estimate of drug-likeness (QED) is 0.656. The van der Waals surface area contributed by atoms with Crippen LogP contribution in [0.4, 0.5) is 0 Å². The van der Waals surface area contributed by atoms with Crippen molar-refractivity contribution in [2.24, 2.45) is 5.92 Å². The van der Waals surface area contributed by atoms with Gasteiger partial charge in [0.15, 0.2) is 0 Å². The van der Waals surface area contributed by atoms with Gasteiger partial charge < -0.3 is 9.47 Å². The van der Waals surface area contributed by atoms with E-state index in [1.165, 1.54) is 13.8 Å². The predicted octanol–water partition coefficient (Wildman–Crippen LogP) is 1.67. The molecule has 0 aromatic rings. The second-order valence-corrected chi connectivity index (χ2v) is 4.21. The number of hydrogen-bond donors (Lipinski definition) is 0. The van der Waals surface area contributed by atoms with Crippen molar-refractivity contribution in [2.75, 3.05) is 0 Å². The van der Waals surface area contributed by atoms with E-state index in [1.54, 1.807) is 0 Å². The minimum Gasteiger partial charge on any atom is -0.459 e. The topological polar surface area (TPSA) is 52.6 Å². The lowest BCUT2D eigenvalue weighted by Crippen LogP contribution is -2.39. The van der Waals surface area contributed by atoms with Crippen LogP contribution in [-0.2, 0) is 19.1 Å². The van der Waals surface area contributed by atoms with Crippen LogP contribution in [0.1, 0.15) is 40.0 Å². The van der Waals surface area contributed by atoms with Gasteiger partial charge in [0.25, 0.3) is 0 Å². The lowest BCUT2D eigenvalue weighted by atomic mass is 9.86. The van der Waals surface area contributed by atoms with Gasteiger partial charge in [0.2, 0.25) is 0 Å². The molecule has 1 fully saturated rings. The Balaban J connectivity index is 2.57. The van der Waals surface area contributed by atoms with E-state index >= 15 is 0 Å². The van der Waals surface area contributed by atoms with Gasteiger partial charge >= 0.3 is 11.9 Å². The second-order valence-electron chi connectivity index (χ2n) is 4.21. The molecule has 0 amide bonds. The summed E-state index contributed by atoms with van der Waals surface area (Å²) in [5, 5.41) is 0. The Labute approximate surface area is 89.9 Å². The Morgan fingerprint density at radius 3 is 2.07 bits per heavy atom. The van der Waals surface area contributed by atoms with Crippen molar-refractivity contribution in [1.82, 2.24) is 0 Å². The van der Waals surface area contributed by atoms with E-state index in [1.807, 2.05) is 0 Å². The molecule has 0 aromatic heterocycles. The van der Waals surface area contributed by atoms with Crippen LogP contribution in [0.3, 0.4) is 0 Å². The van der Waals surface area contributed by atoms with E-state index in [0.29, 0.717) is 5.92 Å². The van der Waals surface area contributed by atoms with E-state index in [0.717, 1.165) is 19.3 Å². The Kier molecular flexibility index (Phi) is 4.12. The molecule has 0 aliphatic heterocycles. The Morgan fingerprint density at radius 1 is 1.00 bits per heavy atom. The van der Waals surface area contributed by atoms with Gasteiger partial charge in [-0.1, -0.05) is 6.92 Å². The summed E-state index contributed by atoms with van der Waals surface area (Å²) in [5.74, 6) is -0.112. The summed E-state index contributed by atoms with van der Waals surface area (Å²) in [6.45, 7) is 4.87. The van der Waals surface area contributed by atoms with E-state index in [9.17, 15) is 9.59 Å². The van der Waals surface area contributed by atoms with Crippen molar-refractivity contribution in [3.05, 3.63) is 0 Å². The van der Waals surface area contributed by atoms with Crippen LogP contribution >= 0.6 is 0 Å². The highest BCUT2D eigenvalue weighted by Gasteiger charge is 2.33. The van der Waals surface area contributed by atoms with Gasteiger partial charge in [-0.15, -0.1) is 0 Å². The van der Waals surface area contributed by atoms with Crippen molar-refractivity contribution in [3.8, 4) is 0 Å². The van der Waals surface area contributed by atoms with Crippen LogP contribution < -0.4 is 0 Å². The van der Waals surface area contributed by atoms with E-state index < -0.39 is 0 Å². The van der Waals surface area contributed by atoms with Crippen molar-refractivity contribution < 1.29 is 19.1 Å². The molecule has 0 spiro atoms. The van der Waals surface area contributed by atoms with Gasteiger partial charge in [-0.2, -0.15) is 0 Å². The molecule has 3 unspecified atom stereocenters. The Hall–Kier alpha value is -1.06. The molecule has 0 heterocycles. The van der Waals surface area contributed by atoms with Gasteiger partial charge in [0.05, 0.1) is 0 Å². The second kappa shape index (κ2) is 5.14. The summed E-state index contributed by atoms with van der Waals surface area (Å²) < 4.78 is 10.3. The molecule has 1 rings (SSSR count). The molecule has 4 nitrogen and oxygen atoms in total. The molecular formula is C11H18O4. The lowest BCUT2D eigenvalue weighted by molar-refractivity contribution is -0.170. The Morgan fingerprint density at radius 2 is 1.53 bits per heavy atom. The van der Waals surface area contributed by atoms with Gasteiger partial charge in [0.1, 0.15) is 12.2 Å². The first-order valence-electron chi connectivity index (χ1n) is 5.33. The maximum Gasteiger partial charge on any atom is 0.303 e. The summed E-state index contributed by atoms with van der Waals surface area (Å²) >= 11 is 0. The third kappa shape index (κ3) is 3.90. The molecule has 1 aliphatic rings. The molecule has 0 aromatic carbocycles. The van der Waals surface area contributed by atoms with Gasteiger partial charge in [-0.05, 0) is 25.2 Å². The van der Waals surface area contributed by atoms with E-state index in [4.69, 9.17) is 9.47 Å². The SMILES string of the molecule is CC(=O)OC1CCC(C)CC1OC(C)=O. The molecule has 4 heteroatoms. The zero-order valence-corrected chi connectivity index (χ0v) is 9.49. The monoisotopic (exact) mass is 214 g/mol. The van der Waals surface area contributed by atoms with Gasteiger partial charge in [0, 0.05) is 13.8 Å². The summed E-state index contributed by atoms with van der Waals surface area (Å²) in [6.07, 6.45) is 2.03. The largest absolute Gasteiger partial charge is 0.459 e. The number of hydrogen-bond acceptors (Lipinski definition) is 4. The molecule has 3 atom stereocenters. The van der Waals surface area contributed by atoms with Crippen molar-refractivity contribution in [1.29, 1.82) is 0 Å². The molecular weight excluding hydrogens is 196 g/mol. The average molecular weight is 214 g/mol. The molecule has 86 valence electrons. The van der Waals surface area contributed by atoms with E-state index in [2.05, 4.69) is 6.92 Å². The molecule has 1 aliphatic carbocycles. The average Bonchev–Trinajstić information content (AvgIpc) is 2.08. The van der Waals surface area contributed by atoms with Crippen molar-refractivity contribution in [3.63, 3.8) is 0 Å². The normalized spacial score (nSPS) is 30.7. The summed E-state index contributed by atoms with van der Waals surface area (Å²) in [6, 6.07) is 0. The third-order valence-corrected chi connectivity index (χ3v) is 2.63. The van der Waals surface area contributed by atoms with Gasteiger partial charge in [-0.25, -0.2) is 0 Å². The van der Waals surface area contributed by atoms with Crippen LogP contribution in [0.2, 0.25) is 0 Å². The first kappa shape index (κ1) is 12.0. The molecule has 0 saturated heterocycles. The number of ether oxygens (including phenoxy) is 2. The number of rotatable bonds is 2. The summed E-state index contributed by atoms with van der Waals surface area (Å²) in [4.78, 5) is 21.7. The Bertz CT molecular complexity index is 249. The first-order chi connectivity index (χ1) is 6.99. The maximum atomic E-state index is 10.9. The van der Waals surface area contributed by atoms with Crippen LogP contribution in [-0.4, -0.2) is 24.1 Å². The zero-order valence-electron chi connectivity index (χ0n) is 9.49. The summed E-state index contributed by atoms with van der Waals surface area (Å²) in [5.41, 5.74) is 0. The minimum atomic E-state index is -0.314. The number of carbonyl (C=O) groups excluding carboxylic acids is 2. The number of esters is 2. The first-order valence-corrected chi connectivity index (χ1v) is 5.33. The number of carbonyl (C=O) groups is 2. The predicted molar refractivity (Wildman–Crippen MR) is 54.1 cm³/mol. The lowest BCUT2D eigenvalue weighted by Gasteiger charge is -2.33. The molecule has 0 N–H and O–H groups in total. The highest BCUT2D eigenvalue weighted by Crippen LogP contribution is 2.28. The zero-order chi connectivity index (χ0) is 11.4. The molecule has 1 saturated carbocycles. The molecule has 0 bridgehead atoms. The van der Waals surface area contributed by atoms with Crippen molar-refractivity contribution in [2.45, 2.75) is 52.2 Å². The van der Waals surface area contributed by atoms with Crippen LogP contribution in [0.15, 0.2) is 0 Å². The van der Waals surface area contributed by atoms with Crippen LogP contribution in [0, 0.1) is 5.92 Å². The molecule has 15 heavy (non-hydrogen) atoms. The fourth-order valence-corrected chi connectivity index (χ4v) is 1.99. The smallest absolute Gasteiger partial charge is 0.303 e. The fourth-order valence-electron chi connectivity index (χ4n) is 1.99. The van der Waals surface area contributed by atoms with Crippen molar-refractivity contribution >= 4 is 11.9 Å². The van der Waals surface area contributed by atoms with Gasteiger partial charge in [-0.3, -0.25) is 9.59 Å². The fraction of sp³-hybridized carbons (Fsp3) is 0.818. The van der Waals surface area contributed by atoms with Crippen LogP contribution in [0.5, 0.6) is 0 Å². The standard InChI is InChI=1S/C11H18O4/c1-7-4-5-10(14-8(2)12)11(6-7)15-9(3)13/h7,10-11H,4-6H2,1-3H3. The third-order valence-electron chi connectivity index (χ3n) is 2.63. The van der Waals surface area contributed by atoms with Crippen LogP contribution in [0.25, 0.3) is 0 Å².